The van der Waals surface area contributed by atoms with E-state index in [1.165, 1.54) is 0 Å². The van der Waals surface area contributed by atoms with Gasteiger partial charge < -0.3 is 18.9 Å². The molecule has 2 unspecified atom stereocenters. The van der Waals surface area contributed by atoms with Gasteiger partial charge in [0.25, 0.3) is 0 Å². The summed E-state index contributed by atoms with van der Waals surface area (Å²) in [5, 5.41) is 0. The maximum Gasteiger partial charge on any atom is 0.203 e. The maximum absolute atomic E-state index is 11.8. The first-order valence-corrected chi connectivity index (χ1v) is 7.00. The molecule has 1 saturated carbocycles. The van der Waals surface area contributed by atoms with Crippen LogP contribution in [-0.4, -0.2) is 33.2 Å². The summed E-state index contributed by atoms with van der Waals surface area (Å²) in [4.78, 5) is 11.8. The fourth-order valence-electron chi connectivity index (χ4n) is 2.56. The third-order valence-corrected chi connectivity index (χ3v) is 4.37. The summed E-state index contributed by atoms with van der Waals surface area (Å²) >= 11 is 0. The largest absolute Gasteiger partial charge is 0.493 e. The molecule has 0 radical (unpaired) electrons. The molecular formula is C16H22O5. The van der Waals surface area contributed by atoms with E-state index < -0.39 is 5.41 Å². The van der Waals surface area contributed by atoms with Gasteiger partial charge in [0.05, 0.1) is 26.7 Å². The molecule has 0 N–H and O–H groups in total. The van der Waals surface area contributed by atoms with Crippen molar-refractivity contribution in [3.63, 3.8) is 0 Å². The van der Waals surface area contributed by atoms with Crippen LogP contribution in [0.2, 0.25) is 0 Å². The molecule has 0 amide bonds. The first-order chi connectivity index (χ1) is 9.99. The molecule has 1 aromatic carbocycles. The van der Waals surface area contributed by atoms with Crippen LogP contribution in [0.1, 0.15) is 26.7 Å². The van der Waals surface area contributed by atoms with Gasteiger partial charge in [0, 0.05) is 18.6 Å². The number of ether oxygens (including phenoxy) is 4. The maximum atomic E-state index is 11.8. The Morgan fingerprint density at radius 1 is 1.14 bits per heavy atom. The Balaban J connectivity index is 2.27. The molecule has 0 heterocycles. The second-order valence-electron chi connectivity index (χ2n) is 5.37. The first kappa shape index (κ1) is 15.5. The second-order valence-corrected chi connectivity index (χ2v) is 5.37. The zero-order valence-electron chi connectivity index (χ0n) is 13.2. The summed E-state index contributed by atoms with van der Waals surface area (Å²) in [6.45, 7) is 3.95. The molecule has 2 atom stereocenters. The standard InChI is InChI=1S/C16H22O5/c1-6-16(2)13(17)9-14(16)21-10-7-11(18-3)15(20-5)12(8-10)19-4/h7-8,14H,6,9H2,1-5H3. The number of Topliss-reactive ketones (excluding diaryl/α,β-unsaturated/α-hetero) is 1. The van der Waals surface area contributed by atoms with Crippen molar-refractivity contribution in [3.8, 4) is 23.0 Å². The summed E-state index contributed by atoms with van der Waals surface area (Å²) in [6.07, 6.45) is 1.10. The smallest absolute Gasteiger partial charge is 0.203 e. The minimum atomic E-state index is -0.402. The fourth-order valence-corrected chi connectivity index (χ4v) is 2.56. The van der Waals surface area contributed by atoms with E-state index in [4.69, 9.17) is 18.9 Å². The Kier molecular flexibility index (Phi) is 4.30. The average Bonchev–Trinajstić information content (AvgIpc) is 2.52. The number of carbonyl (C=O) groups is 1. The van der Waals surface area contributed by atoms with Crippen LogP contribution in [0.4, 0.5) is 0 Å². The van der Waals surface area contributed by atoms with Crippen molar-refractivity contribution in [1.82, 2.24) is 0 Å². The number of hydrogen-bond donors (Lipinski definition) is 0. The lowest BCUT2D eigenvalue weighted by Gasteiger charge is -2.44. The highest BCUT2D eigenvalue weighted by atomic mass is 16.5. The summed E-state index contributed by atoms with van der Waals surface area (Å²) in [7, 11) is 4.67. The molecular weight excluding hydrogens is 272 g/mol. The molecule has 1 fully saturated rings. The third-order valence-electron chi connectivity index (χ3n) is 4.37. The number of methoxy groups -OCH3 is 3. The minimum absolute atomic E-state index is 0.113. The molecule has 5 heteroatoms. The van der Waals surface area contributed by atoms with Gasteiger partial charge in [0.1, 0.15) is 17.6 Å². The lowest BCUT2D eigenvalue weighted by molar-refractivity contribution is -0.150. The third kappa shape index (κ3) is 2.52. The van der Waals surface area contributed by atoms with Crippen molar-refractivity contribution < 1.29 is 23.7 Å². The molecule has 0 aliphatic heterocycles. The zero-order valence-corrected chi connectivity index (χ0v) is 13.2. The quantitative estimate of drug-likeness (QED) is 0.807. The monoisotopic (exact) mass is 294 g/mol. The number of rotatable bonds is 6. The van der Waals surface area contributed by atoms with Crippen LogP contribution in [0.5, 0.6) is 23.0 Å². The highest BCUT2D eigenvalue weighted by Crippen LogP contribution is 2.45. The predicted octanol–water partition coefficient (Wildman–Crippen LogP) is 2.85. The highest BCUT2D eigenvalue weighted by molar-refractivity contribution is 5.92. The van der Waals surface area contributed by atoms with Crippen molar-refractivity contribution in [3.05, 3.63) is 12.1 Å². The van der Waals surface area contributed by atoms with Crippen LogP contribution in [-0.2, 0) is 4.79 Å². The van der Waals surface area contributed by atoms with E-state index in [9.17, 15) is 4.79 Å². The van der Waals surface area contributed by atoms with Crippen molar-refractivity contribution >= 4 is 5.78 Å². The van der Waals surface area contributed by atoms with Crippen molar-refractivity contribution in [2.24, 2.45) is 5.41 Å². The number of benzene rings is 1. The highest BCUT2D eigenvalue weighted by Gasteiger charge is 2.51. The van der Waals surface area contributed by atoms with Gasteiger partial charge in [-0.05, 0) is 13.3 Å². The van der Waals surface area contributed by atoms with E-state index in [0.717, 1.165) is 6.42 Å². The summed E-state index contributed by atoms with van der Waals surface area (Å²) in [5.41, 5.74) is -0.402. The average molecular weight is 294 g/mol. The molecule has 1 aromatic rings. The van der Waals surface area contributed by atoms with Gasteiger partial charge in [-0.2, -0.15) is 0 Å². The molecule has 21 heavy (non-hydrogen) atoms. The molecule has 0 aromatic heterocycles. The van der Waals surface area contributed by atoms with E-state index in [-0.39, 0.29) is 11.9 Å². The second kappa shape index (κ2) is 5.84. The molecule has 2 rings (SSSR count). The molecule has 0 bridgehead atoms. The van der Waals surface area contributed by atoms with Crippen molar-refractivity contribution in [2.75, 3.05) is 21.3 Å². The number of ketones is 1. The van der Waals surface area contributed by atoms with Gasteiger partial charge in [-0.15, -0.1) is 0 Å². The Morgan fingerprint density at radius 3 is 2.10 bits per heavy atom. The zero-order chi connectivity index (χ0) is 15.6. The van der Waals surface area contributed by atoms with Gasteiger partial charge >= 0.3 is 0 Å². The minimum Gasteiger partial charge on any atom is -0.493 e. The topological polar surface area (TPSA) is 54.0 Å². The SMILES string of the molecule is CCC1(C)C(=O)CC1Oc1cc(OC)c(OC)c(OC)c1. The van der Waals surface area contributed by atoms with Crippen molar-refractivity contribution in [1.29, 1.82) is 0 Å². The lowest BCUT2D eigenvalue weighted by atomic mass is 9.64. The van der Waals surface area contributed by atoms with Crippen molar-refractivity contribution in [2.45, 2.75) is 32.8 Å². The van der Waals surface area contributed by atoms with E-state index in [1.807, 2.05) is 13.8 Å². The van der Waals surface area contributed by atoms with Crippen LogP contribution >= 0.6 is 0 Å². The van der Waals surface area contributed by atoms with Crippen LogP contribution < -0.4 is 18.9 Å². The number of hydrogen-bond acceptors (Lipinski definition) is 5. The van der Waals surface area contributed by atoms with Crippen LogP contribution in [0.3, 0.4) is 0 Å². The summed E-state index contributed by atoms with van der Waals surface area (Å²) in [5.74, 6) is 2.46. The van der Waals surface area contributed by atoms with E-state index in [0.29, 0.717) is 29.4 Å². The summed E-state index contributed by atoms with van der Waals surface area (Å²) in [6, 6.07) is 3.50. The molecule has 1 aliphatic carbocycles. The van der Waals surface area contributed by atoms with Gasteiger partial charge in [0.2, 0.25) is 5.75 Å². The molecule has 0 spiro atoms. The van der Waals surface area contributed by atoms with Crippen LogP contribution in [0.15, 0.2) is 12.1 Å². The fraction of sp³-hybridized carbons (Fsp3) is 0.562. The Bertz CT molecular complexity index is 514. The number of carbonyl (C=O) groups excluding carboxylic acids is 1. The predicted molar refractivity (Wildman–Crippen MR) is 78.5 cm³/mol. The molecule has 1 aliphatic rings. The van der Waals surface area contributed by atoms with Gasteiger partial charge in [-0.25, -0.2) is 0 Å². The Hall–Kier alpha value is -1.91. The van der Waals surface area contributed by atoms with Gasteiger partial charge in [-0.3, -0.25) is 4.79 Å². The Morgan fingerprint density at radius 2 is 1.71 bits per heavy atom. The van der Waals surface area contributed by atoms with Crippen LogP contribution in [0, 0.1) is 5.41 Å². The van der Waals surface area contributed by atoms with Crippen LogP contribution in [0.25, 0.3) is 0 Å². The molecule has 116 valence electrons. The van der Waals surface area contributed by atoms with E-state index >= 15 is 0 Å². The molecule has 0 saturated heterocycles. The van der Waals surface area contributed by atoms with E-state index in [1.54, 1.807) is 33.5 Å². The van der Waals surface area contributed by atoms with Gasteiger partial charge in [-0.1, -0.05) is 6.92 Å². The summed E-state index contributed by atoms with van der Waals surface area (Å²) < 4.78 is 21.9. The van der Waals surface area contributed by atoms with E-state index in [2.05, 4.69) is 0 Å². The normalized spacial score (nSPS) is 24.2. The Labute approximate surface area is 125 Å². The lowest BCUT2D eigenvalue weighted by Crippen LogP contribution is -2.54. The molecule has 5 nitrogen and oxygen atoms in total. The first-order valence-electron chi connectivity index (χ1n) is 7.00. The van der Waals surface area contributed by atoms with Gasteiger partial charge in [0.15, 0.2) is 11.5 Å².